The zero-order valence-corrected chi connectivity index (χ0v) is 25.2. The van der Waals surface area contributed by atoms with Crippen LogP contribution >= 0.6 is 11.6 Å². The van der Waals surface area contributed by atoms with Crippen LogP contribution in [-0.2, 0) is 9.47 Å². The highest BCUT2D eigenvalue weighted by Crippen LogP contribution is 2.44. The van der Waals surface area contributed by atoms with Crippen molar-refractivity contribution in [3.8, 4) is 5.75 Å². The summed E-state index contributed by atoms with van der Waals surface area (Å²) in [4.78, 5) is 0. The van der Waals surface area contributed by atoms with Crippen LogP contribution in [0.3, 0.4) is 0 Å². The van der Waals surface area contributed by atoms with E-state index < -0.39 is 24.1 Å². The van der Waals surface area contributed by atoms with Gasteiger partial charge in [-0.3, -0.25) is 0 Å². The molecule has 2 aliphatic carbocycles. The maximum atomic E-state index is 15.3. The van der Waals surface area contributed by atoms with Gasteiger partial charge in [-0.05, 0) is 80.0 Å². The molecule has 3 aliphatic rings. The second-order valence-corrected chi connectivity index (χ2v) is 13.0. The average molecular weight is 611 g/mol. The van der Waals surface area contributed by atoms with Gasteiger partial charge in [-0.2, -0.15) is 8.78 Å². The summed E-state index contributed by atoms with van der Waals surface area (Å²) >= 11 is 5.63. The van der Waals surface area contributed by atoms with Crippen molar-refractivity contribution in [2.24, 2.45) is 23.7 Å². The first-order valence-corrected chi connectivity index (χ1v) is 16.2. The lowest BCUT2D eigenvalue weighted by atomic mass is 9.74. The molecule has 1 heterocycles. The predicted molar refractivity (Wildman–Crippen MR) is 156 cm³/mol. The molecule has 2 saturated carbocycles. The Bertz CT molecular complexity index is 1150. The molecular weight excluding hydrogens is 568 g/mol. The van der Waals surface area contributed by atoms with Crippen molar-refractivity contribution < 1.29 is 31.8 Å². The first kappa shape index (κ1) is 31.6. The Labute approximate surface area is 252 Å². The third-order valence-electron chi connectivity index (χ3n) is 9.78. The van der Waals surface area contributed by atoms with Crippen LogP contribution in [-0.4, -0.2) is 19.3 Å². The third-order valence-corrected chi connectivity index (χ3v) is 10.1. The van der Waals surface area contributed by atoms with Gasteiger partial charge in [-0.25, -0.2) is 8.78 Å². The molecular formula is C34H43ClF4O3. The molecule has 2 aromatic carbocycles. The lowest BCUT2D eigenvalue weighted by Gasteiger charge is -2.38. The van der Waals surface area contributed by atoms with E-state index in [9.17, 15) is 13.2 Å². The smallest absolute Gasteiger partial charge is 0.400 e. The van der Waals surface area contributed by atoms with E-state index >= 15 is 4.39 Å². The molecule has 3 fully saturated rings. The molecule has 0 N–H and O–H groups in total. The maximum Gasteiger partial charge on any atom is 0.400 e. The molecule has 0 bridgehead atoms. The zero-order chi connectivity index (χ0) is 29.7. The summed E-state index contributed by atoms with van der Waals surface area (Å²) < 4.78 is 75.6. The monoisotopic (exact) mass is 610 g/mol. The molecule has 232 valence electrons. The molecule has 5 rings (SSSR count). The Morgan fingerprint density at radius 2 is 1.55 bits per heavy atom. The number of unbranched alkanes of at least 4 members (excludes halogenated alkanes) is 2. The van der Waals surface area contributed by atoms with Crippen molar-refractivity contribution in [2.75, 3.05) is 13.2 Å². The second-order valence-electron chi connectivity index (χ2n) is 12.6. The Kier molecular flexibility index (Phi) is 10.8. The molecule has 42 heavy (non-hydrogen) atoms. The van der Waals surface area contributed by atoms with E-state index in [0.29, 0.717) is 49.0 Å². The maximum absolute atomic E-state index is 15.3. The third kappa shape index (κ3) is 7.81. The van der Waals surface area contributed by atoms with Crippen LogP contribution < -0.4 is 4.74 Å². The lowest BCUT2D eigenvalue weighted by Crippen LogP contribution is -2.37. The second kappa shape index (κ2) is 14.3. The van der Waals surface area contributed by atoms with Gasteiger partial charge >= 0.3 is 6.11 Å². The number of halogens is 5. The van der Waals surface area contributed by atoms with Gasteiger partial charge in [0.15, 0.2) is 6.29 Å². The molecule has 0 spiro atoms. The van der Waals surface area contributed by atoms with Crippen LogP contribution in [0, 0.1) is 35.3 Å². The summed E-state index contributed by atoms with van der Waals surface area (Å²) in [6.45, 7) is 3.51. The van der Waals surface area contributed by atoms with Gasteiger partial charge in [0.2, 0.25) is 0 Å². The summed E-state index contributed by atoms with van der Waals surface area (Å²) in [5.74, 6) is -0.748. The minimum absolute atomic E-state index is 0.157. The fourth-order valence-electron chi connectivity index (χ4n) is 7.16. The standard InChI is InChI=1S/C34H43ClF4O3/c1-2-3-4-5-22-6-8-23(9-7-22)26-20-40-33(41-21-26)25-12-16-29(31(36)18-25)24-10-13-27(14-11-24)34(38,39)42-28-15-17-30(35)32(37)19-28/h12,15-19,22-24,26-27,33H,2-11,13-14,20-21H2,1H3. The molecule has 1 aliphatic heterocycles. The van der Waals surface area contributed by atoms with E-state index in [-0.39, 0.29) is 35.3 Å². The van der Waals surface area contributed by atoms with Crippen molar-refractivity contribution in [3.05, 3.63) is 64.2 Å². The number of ether oxygens (including phenoxy) is 3. The van der Waals surface area contributed by atoms with E-state index in [1.165, 1.54) is 69.6 Å². The fourth-order valence-corrected chi connectivity index (χ4v) is 7.27. The zero-order valence-electron chi connectivity index (χ0n) is 24.4. The van der Waals surface area contributed by atoms with Gasteiger partial charge in [0.05, 0.1) is 24.2 Å². The SMILES string of the molecule is CCCCCC1CCC(C2COC(c3ccc(C4CCC(C(F)(F)Oc5ccc(Cl)c(F)c5)CC4)c(F)c3)OC2)CC1. The van der Waals surface area contributed by atoms with Gasteiger partial charge in [0.1, 0.15) is 17.4 Å². The quantitative estimate of drug-likeness (QED) is 0.198. The molecule has 2 aromatic rings. The summed E-state index contributed by atoms with van der Waals surface area (Å²) in [7, 11) is 0. The van der Waals surface area contributed by atoms with E-state index in [4.69, 9.17) is 25.8 Å². The largest absolute Gasteiger partial charge is 0.432 e. The molecule has 1 saturated heterocycles. The molecule has 8 heteroatoms. The van der Waals surface area contributed by atoms with Crippen molar-refractivity contribution in [3.63, 3.8) is 0 Å². The van der Waals surface area contributed by atoms with Crippen LogP contribution in [0.2, 0.25) is 5.02 Å². The van der Waals surface area contributed by atoms with Gasteiger partial charge < -0.3 is 14.2 Å². The molecule has 0 atom stereocenters. The Hall–Kier alpha value is -1.83. The number of alkyl halides is 2. The van der Waals surface area contributed by atoms with Crippen molar-refractivity contribution in [1.29, 1.82) is 0 Å². The Morgan fingerprint density at radius 1 is 0.833 bits per heavy atom. The topological polar surface area (TPSA) is 27.7 Å². The van der Waals surface area contributed by atoms with Crippen LogP contribution in [0.5, 0.6) is 5.75 Å². The normalized spacial score (nSPS) is 28.9. The Morgan fingerprint density at radius 3 is 2.19 bits per heavy atom. The van der Waals surface area contributed by atoms with Gasteiger partial charge in [0.25, 0.3) is 0 Å². The van der Waals surface area contributed by atoms with E-state index in [1.807, 2.05) is 6.07 Å². The number of hydrogen-bond donors (Lipinski definition) is 0. The van der Waals surface area contributed by atoms with Crippen LogP contribution in [0.1, 0.15) is 107 Å². The van der Waals surface area contributed by atoms with Crippen molar-refractivity contribution in [2.45, 2.75) is 102 Å². The van der Waals surface area contributed by atoms with Gasteiger partial charge in [0, 0.05) is 17.5 Å². The van der Waals surface area contributed by atoms with E-state index in [2.05, 4.69) is 6.92 Å². The summed E-state index contributed by atoms with van der Waals surface area (Å²) in [5, 5.41) is -0.157. The summed E-state index contributed by atoms with van der Waals surface area (Å²) in [6.07, 6.45) is 7.51. The van der Waals surface area contributed by atoms with Crippen LogP contribution in [0.4, 0.5) is 17.6 Å². The molecule has 0 radical (unpaired) electrons. The lowest BCUT2D eigenvalue weighted by molar-refractivity contribution is -0.222. The highest BCUT2D eigenvalue weighted by molar-refractivity contribution is 6.30. The van der Waals surface area contributed by atoms with E-state index in [0.717, 1.165) is 12.0 Å². The van der Waals surface area contributed by atoms with Gasteiger partial charge in [-0.15, -0.1) is 0 Å². The number of benzene rings is 2. The minimum atomic E-state index is -3.46. The minimum Gasteiger partial charge on any atom is -0.432 e. The van der Waals surface area contributed by atoms with Crippen molar-refractivity contribution >= 4 is 11.6 Å². The van der Waals surface area contributed by atoms with E-state index in [1.54, 1.807) is 6.07 Å². The van der Waals surface area contributed by atoms with Crippen molar-refractivity contribution in [1.82, 2.24) is 0 Å². The molecule has 3 nitrogen and oxygen atoms in total. The first-order chi connectivity index (χ1) is 20.2. The van der Waals surface area contributed by atoms with Crippen LogP contribution in [0.25, 0.3) is 0 Å². The summed E-state index contributed by atoms with van der Waals surface area (Å²) in [5.41, 5.74) is 1.18. The number of hydrogen-bond acceptors (Lipinski definition) is 3. The van der Waals surface area contributed by atoms with Crippen LogP contribution in [0.15, 0.2) is 36.4 Å². The average Bonchev–Trinajstić information content (AvgIpc) is 2.99. The highest BCUT2D eigenvalue weighted by Gasteiger charge is 2.44. The molecule has 0 unspecified atom stereocenters. The number of rotatable bonds is 10. The molecule has 0 amide bonds. The highest BCUT2D eigenvalue weighted by atomic mass is 35.5. The predicted octanol–water partition coefficient (Wildman–Crippen LogP) is 10.6. The summed E-state index contributed by atoms with van der Waals surface area (Å²) in [6, 6.07) is 8.33. The fraction of sp³-hybridized carbons (Fsp3) is 0.647. The Balaban J connectivity index is 1.08. The molecule has 0 aromatic heterocycles. The van der Waals surface area contributed by atoms with Gasteiger partial charge in [-0.1, -0.05) is 69.2 Å². The first-order valence-electron chi connectivity index (χ1n) is 15.8.